The van der Waals surface area contributed by atoms with E-state index in [4.69, 9.17) is 18.8 Å². The van der Waals surface area contributed by atoms with Crippen molar-refractivity contribution in [2.45, 2.75) is 0 Å². The molecule has 0 saturated heterocycles. The zero-order valence-corrected chi connectivity index (χ0v) is 11.1. The molecule has 2 rings (SSSR count). The van der Waals surface area contributed by atoms with E-state index in [9.17, 15) is 0 Å². The molecule has 0 amide bonds. The van der Waals surface area contributed by atoms with Crippen LogP contribution in [0.4, 0.5) is 0 Å². The van der Waals surface area contributed by atoms with Crippen LogP contribution in [-0.4, -0.2) is 0 Å². The number of hydrogen-bond donors (Lipinski definition) is 0. The van der Waals surface area contributed by atoms with E-state index in [1.54, 1.807) is 6.07 Å². The maximum atomic E-state index is 4.93. The van der Waals surface area contributed by atoms with Crippen LogP contribution < -0.4 is 0 Å². The van der Waals surface area contributed by atoms with Gasteiger partial charge >= 0.3 is 35.3 Å². The van der Waals surface area contributed by atoms with Crippen LogP contribution in [0.5, 0.6) is 0 Å². The van der Waals surface area contributed by atoms with Crippen molar-refractivity contribution in [1.82, 2.24) is 0 Å². The summed E-state index contributed by atoms with van der Waals surface area (Å²) in [6.45, 7) is 0. The summed E-state index contributed by atoms with van der Waals surface area (Å²) in [5.41, 5.74) is 0. The van der Waals surface area contributed by atoms with E-state index >= 15 is 0 Å². The summed E-state index contributed by atoms with van der Waals surface area (Å²) in [6, 6.07) is 22.0. The number of halogens is 2. The first-order chi connectivity index (χ1) is 6.41. The molecular formula is C10H6Cl2W-6. The zero-order chi connectivity index (χ0) is 9.78. The van der Waals surface area contributed by atoms with Crippen LogP contribution in [0.1, 0.15) is 0 Å². The van der Waals surface area contributed by atoms with Gasteiger partial charge in [0.05, 0.1) is 0 Å². The van der Waals surface area contributed by atoms with Crippen LogP contribution in [-0.2, 0) is 16.5 Å². The molecule has 0 aromatic heterocycles. The topological polar surface area (TPSA) is 0 Å². The molecule has 0 bridgehead atoms. The SMILES string of the molecule is [Cl][W][Cl].[c-]1[c-][c-][cH-][c-]1.c1cc[cH-]c1. The molecule has 0 fully saturated rings. The van der Waals surface area contributed by atoms with E-state index in [2.05, 4.69) is 24.3 Å². The monoisotopic (exact) mass is 380 g/mol. The van der Waals surface area contributed by atoms with Crippen LogP contribution in [0.25, 0.3) is 0 Å². The zero-order valence-electron chi connectivity index (χ0n) is 6.63. The second kappa shape index (κ2) is 12.0. The number of hydrogen-bond acceptors (Lipinski definition) is 0. The molecule has 0 nitrogen and oxygen atoms in total. The minimum atomic E-state index is -0.806. The Bertz CT molecular complexity index is 165. The maximum Gasteiger partial charge on any atom is -0.172 e. The average Bonchev–Trinajstić information content (AvgIpc) is 2.85. The van der Waals surface area contributed by atoms with Gasteiger partial charge in [-0.15, -0.1) is 0 Å². The molecular weight excluding hydrogens is 375 g/mol. The summed E-state index contributed by atoms with van der Waals surface area (Å²) in [7, 11) is 9.86. The molecule has 2 aromatic rings. The molecule has 0 aliphatic heterocycles. The van der Waals surface area contributed by atoms with Crippen LogP contribution in [0.2, 0.25) is 0 Å². The van der Waals surface area contributed by atoms with Gasteiger partial charge in [-0.25, -0.2) is 12.1 Å². The summed E-state index contributed by atoms with van der Waals surface area (Å²) in [5.74, 6) is 0. The summed E-state index contributed by atoms with van der Waals surface area (Å²) >= 11 is -0.806. The maximum absolute atomic E-state index is 4.93. The molecule has 0 saturated carbocycles. The molecule has 0 N–H and O–H groups in total. The molecule has 72 valence electrons. The first-order valence-electron chi connectivity index (χ1n) is 3.30. The van der Waals surface area contributed by atoms with Crippen molar-refractivity contribution in [2.24, 2.45) is 0 Å². The van der Waals surface area contributed by atoms with Gasteiger partial charge in [0.1, 0.15) is 0 Å². The molecule has 0 aliphatic carbocycles. The van der Waals surface area contributed by atoms with E-state index in [0.717, 1.165) is 0 Å². The summed E-state index contributed by atoms with van der Waals surface area (Å²) < 4.78 is 0. The van der Waals surface area contributed by atoms with Crippen molar-refractivity contribution in [1.29, 1.82) is 0 Å². The third-order valence-corrected chi connectivity index (χ3v) is 0.907. The first-order valence-corrected chi connectivity index (χ1v) is 10.6. The molecule has 3 heteroatoms. The van der Waals surface area contributed by atoms with Crippen molar-refractivity contribution >= 4 is 18.8 Å². The predicted molar refractivity (Wildman–Crippen MR) is 51.1 cm³/mol. The second-order valence-electron chi connectivity index (χ2n) is 1.70. The van der Waals surface area contributed by atoms with E-state index in [-0.39, 0.29) is 0 Å². The fourth-order valence-electron chi connectivity index (χ4n) is 0.501. The smallest absolute Gasteiger partial charge is 0.172 e. The van der Waals surface area contributed by atoms with Crippen molar-refractivity contribution in [2.75, 3.05) is 0 Å². The molecule has 2 aromatic carbocycles. The summed E-state index contributed by atoms with van der Waals surface area (Å²) in [6.07, 6.45) is 0. The summed E-state index contributed by atoms with van der Waals surface area (Å²) in [5, 5.41) is 0. The molecule has 0 atom stereocenters. The van der Waals surface area contributed by atoms with E-state index in [0.29, 0.717) is 0 Å². The van der Waals surface area contributed by atoms with Gasteiger partial charge in [0.2, 0.25) is 0 Å². The summed E-state index contributed by atoms with van der Waals surface area (Å²) in [4.78, 5) is 0. The largest absolute Gasteiger partial charge is 0.999 e. The molecule has 0 aliphatic rings. The average molecular weight is 381 g/mol. The van der Waals surface area contributed by atoms with Crippen molar-refractivity contribution < 1.29 is 16.5 Å². The van der Waals surface area contributed by atoms with Crippen LogP contribution in [0.3, 0.4) is 0 Å². The first kappa shape index (κ1) is 13.0. The molecule has 0 spiro atoms. The van der Waals surface area contributed by atoms with Gasteiger partial charge < -0.3 is 30.3 Å². The van der Waals surface area contributed by atoms with Crippen LogP contribution in [0.15, 0.2) is 36.4 Å². The Morgan fingerprint density at radius 2 is 1.46 bits per heavy atom. The minimum absolute atomic E-state index is 0.806. The van der Waals surface area contributed by atoms with Gasteiger partial charge in [-0.3, -0.25) is 0 Å². The number of rotatable bonds is 0. The van der Waals surface area contributed by atoms with Gasteiger partial charge in [0.25, 0.3) is 0 Å². The van der Waals surface area contributed by atoms with Crippen LogP contribution >= 0.6 is 18.8 Å². The Morgan fingerprint density at radius 3 is 1.62 bits per heavy atom. The fourth-order valence-corrected chi connectivity index (χ4v) is 0.501. The third kappa shape index (κ3) is 12.0. The standard InChI is InChI=1S/C5H5.C5H.2ClH.W/c2*1-2-4-5-3-1;;;/h1-5H;1H;2*1H;/q-1;-5;;;+2/p-2. The Hall–Kier alpha value is -0.0317. The van der Waals surface area contributed by atoms with Gasteiger partial charge in [0.15, 0.2) is 0 Å². The Morgan fingerprint density at radius 1 is 1.00 bits per heavy atom. The second-order valence-corrected chi connectivity index (χ2v) is 5.94. The van der Waals surface area contributed by atoms with Gasteiger partial charge in [-0.2, -0.15) is 18.2 Å². The predicted octanol–water partition coefficient (Wildman–Crippen LogP) is 3.39. The minimum Gasteiger partial charge on any atom is -0.999 e. The normalized spacial score (nSPS) is 7.54. The van der Waals surface area contributed by atoms with E-state index in [1.807, 2.05) is 30.3 Å². The van der Waals surface area contributed by atoms with Crippen molar-refractivity contribution in [3.05, 3.63) is 60.7 Å². The molecule has 0 heterocycles. The Labute approximate surface area is 95.6 Å². The molecule has 13 heavy (non-hydrogen) atoms. The molecule has 0 unspecified atom stereocenters. The Kier molecular flexibility index (Phi) is 11.9. The van der Waals surface area contributed by atoms with Gasteiger partial charge in [-0.05, 0) is 0 Å². The van der Waals surface area contributed by atoms with Gasteiger partial charge in [-0.1, -0.05) is 0 Å². The van der Waals surface area contributed by atoms with Crippen LogP contribution in [0, 0.1) is 24.3 Å². The van der Waals surface area contributed by atoms with Crippen molar-refractivity contribution in [3.8, 4) is 0 Å². The quantitative estimate of drug-likeness (QED) is 0.615. The Balaban J connectivity index is 0.000000174. The van der Waals surface area contributed by atoms with Crippen molar-refractivity contribution in [3.63, 3.8) is 0 Å². The fraction of sp³-hybridized carbons (Fsp3) is 0. The van der Waals surface area contributed by atoms with Gasteiger partial charge in [0, 0.05) is 0 Å². The van der Waals surface area contributed by atoms with E-state index in [1.165, 1.54) is 0 Å². The van der Waals surface area contributed by atoms with E-state index < -0.39 is 16.5 Å². The third-order valence-electron chi connectivity index (χ3n) is 0.907. The molecule has 0 radical (unpaired) electrons.